The molecule has 0 aromatic heterocycles. The molecule has 2 aromatic carbocycles. The lowest BCUT2D eigenvalue weighted by molar-refractivity contribution is 0.413. The minimum absolute atomic E-state index is 0.0803. The Balaban J connectivity index is 1.86. The molecule has 112 valence electrons. The molecule has 2 aliphatic rings. The number of hydrogen-bond donors (Lipinski definition) is 1. The summed E-state index contributed by atoms with van der Waals surface area (Å²) in [7, 11) is 0. The highest BCUT2D eigenvalue weighted by Gasteiger charge is 2.39. The second-order valence-electron chi connectivity index (χ2n) is 5.85. The van der Waals surface area contributed by atoms with Crippen molar-refractivity contribution < 1.29 is 4.39 Å². The van der Waals surface area contributed by atoms with Crippen LogP contribution in [0.15, 0.2) is 48.6 Å². The number of rotatable bonds is 1. The van der Waals surface area contributed by atoms with Gasteiger partial charge < -0.3 is 5.32 Å². The zero-order valence-corrected chi connectivity index (χ0v) is 13.2. The van der Waals surface area contributed by atoms with Crippen molar-refractivity contribution in [3.63, 3.8) is 0 Å². The second kappa shape index (κ2) is 5.29. The molecule has 0 amide bonds. The Kier molecular flexibility index (Phi) is 3.39. The Morgan fingerprint density at radius 3 is 2.77 bits per heavy atom. The first kappa shape index (κ1) is 14.1. The summed E-state index contributed by atoms with van der Waals surface area (Å²) in [6.07, 6.45) is 5.25. The molecule has 0 unspecified atom stereocenters. The van der Waals surface area contributed by atoms with Crippen LogP contribution in [0.3, 0.4) is 0 Å². The monoisotopic (exact) mass is 333 g/mol. The molecule has 0 spiro atoms. The van der Waals surface area contributed by atoms with Gasteiger partial charge in [0, 0.05) is 32.8 Å². The van der Waals surface area contributed by atoms with Crippen molar-refractivity contribution in [2.75, 3.05) is 5.32 Å². The number of nitrogens with one attached hydrogen (secondary N) is 1. The van der Waals surface area contributed by atoms with Crippen LogP contribution in [-0.2, 0) is 0 Å². The van der Waals surface area contributed by atoms with Crippen LogP contribution in [-0.4, -0.2) is 0 Å². The number of hydrogen-bond acceptors (Lipinski definition) is 1. The highest BCUT2D eigenvalue weighted by atomic mass is 35.5. The van der Waals surface area contributed by atoms with E-state index in [9.17, 15) is 4.39 Å². The average Bonchev–Trinajstić information content (AvgIpc) is 2.95. The molecule has 1 nitrogen and oxygen atoms in total. The number of benzene rings is 2. The first-order chi connectivity index (χ1) is 10.6. The molecule has 0 fully saturated rings. The largest absolute Gasteiger partial charge is 0.377 e. The van der Waals surface area contributed by atoms with Gasteiger partial charge in [-0.05, 0) is 30.5 Å². The average molecular weight is 334 g/mol. The van der Waals surface area contributed by atoms with Gasteiger partial charge in [0.25, 0.3) is 0 Å². The maximum absolute atomic E-state index is 14.3. The van der Waals surface area contributed by atoms with E-state index >= 15 is 0 Å². The third-order valence-electron chi connectivity index (χ3n) is 4.62. The summed E-state index contributed by atoms with van der Waals surface area (Å²) < 4.78 is 14.3. The van der Waals surface area contributed by atoms with Crippen molar-refractivity contribution in [3.05, 3.63) is 75.5 Å². The lowest BCUT2D eigenvalue weighted by Crippen LogP contribution is -2.30. The molecule has 0 saturated heterocycles. The van der Waals surface area contributed by atoms with Crippen LogP contribution in [0.25, 0.3) is 0 Å². The van der Waals surface area contributed by atoms with Gasteiger partial charge in [0.1, 0.15) is 5.82 Å². The Morgan fingerprint density at radius 1 is 1.14 bits per heavy atom. The molecule has 1 heterocycles. The fourth-order valence-electron chi connectivity index (χ4n) is 3.68. The van der Waals surface area contributed by atoms with Gasteiger partial charge in [-0.3, -0.25) is 0 Å². The summed E-state index contributed by atoms with van der Waals surface area (Å²) in [5.41, 5.74) is 2.67. The van der Waals surface area contributed by atoms with Crippen LogP contribution in [0.5, 0.6) is 0 Å². The van der Waals surface area contributed by atoms with Gasteiger partial charge in [-0.15, -0.1) is 0 Å². The number of anilines is 1. The van der Waals surface area contributed by atoms with Crippen LogP contribution in [0.2, 0.25) is 10.0 Å². The molecule has 22 heavy (non-hydrogen) atoms. The van der Waals surface area contributed by atoms with Crippen molar-refractivity contribution in [1.82, 2.24) is 0 Å². The van der Waals surface area contributed by atoms with Crippen LogP contribution < -0.4 is 5.32 Å². The lowest BCUT2D eigenvalue weighted by Gasteiger charge is -2.38. The van der Waals surface area contributed by atoms with Crippen molar-refractivity contribution in [2.45, 2.75) is 18.4 Å². The maximum atomic E-state index is 14.3. The maximum Gasteiger partial charge on any atom is 0.128 e. The van der Waals surface area contributed by atoms with Gasteiger partial charge in [-0.25, -0.2) is 4.39 Å². The molecule has 4 rings (SSSR count). The summed E-state index contributed by atoms with van der Waals surface area (Å²) in [6, 6.07) is 10.5. The van der Waals surface area contributed by atoms with E-state index in [1.807, 2.05) is 18.2 Å². The van der Waals surface area contributed by atoms with Crippen LogP contribution >= 0.6 is 23.2 Å². The Hall–Kier alpha value is -1.51. The topological polar surface area (TPSA) is 12.0 Å². The summed E-state index contributed by atoms with van der Waals surface area (Å²) in [5.74, 6) is 0.288. The Labute approximate surface area is 138 Å². The zero-order valence-electron chi connectivity index (χ0n) is 11.7. The van der Waals surface area contributed by atoms with E-state index in [4.69, 9.17) is 23.2 Å². The molecule has 0 radical (unpaired) electrons. The number of allylic oxidation sites excluding steroid dienone is 2. The smallest absolute Gasteiger partial charge is 0.128 e. The molecule has 1 aliphatic heterocycles. The van der Waals surface area contributed by atoms with E-state index in [-0.39, 0.29) is 23.7 Å². The van der Waals surface area contributed by atoms with Crippen LogP contribution in [0.1, 0.15) is 29.5 Å². The van der Waals surface area contributed by atoms with Gasteiger partial charge in [0.15, 0.2) is 0 Å². The van der Waals surface area contributed by atoms with E-state index < -0.39 is 0 Å². The molecular weight excluding hydrogens is 320 g/mol. The predicted molar refractivity (Wildman–Crippen MR) is 89.2 cm³/mol. The highest BCUT2D eigenvalue weighted by molar-refractivity contribution is 6.35. The lowest BCUT2D eigenvalue weighted by atomic mass is 9.77. The van der Waals surface area contributed by atoms with Crippen molar-refractivity contribution in [3.8, 4) is 0 Å². The first-order valence-corrected chi connectivity index (χ1v) is 8.07. The summed E-state index contributed by atoms with van der Waals surface area (Å²) in [6.45, 7) is 0. The molecule has 1 aliphatic carbocycles. The molecule has 3 atom stereocenters. The third-order valence-corrected chi connectivity index (χ3v) is 5.15. The normalized spacial score (nSPS) is 25.5. The summed E-state index contributed by atoms with van der Waals surface area (Å²) in [5, 5.41) is 4.72. The van der Waals surface area contributed by atoms with Crippen molar-refractivity contribution in [1.29, 1.82) is 0 Å². The molecule has 2 aromatic rings. The zero-order chi connectivity index (χ0) is 15.3. The SMILES string of the molecule is Fc1ccccc1[C@@H]1Nc2cc(Cl)cc(Cl)c2[C@@H]2C=CC[C@H]21. The standard InChI is InChI=1S/C18H14Cl2FN/c19-10-8-14(20)17-11-5-3-6-12(11)18(22-16(17)9-10)13-4-1-2-7-15(13)21/h1-5,7-9,11-12,18,22H,6H2/t11-,12-,18-/m1/s1. The molecule has 0 saturated carbocycles. The first-order valence-electron chi connectivity index (χ1n) is 7.31. The molecular formula is C18H14Cl2FN. The van der Waals surface area contributed by atoms with Gasteiger partial charge in [-0.2, -0.15) is 0 Å². The van der Waals surface area contributed by atoms with E-state index in [0.29, 0.717) is 15.6 Å². The predicted octanol–water partition coefficient (Wildman–Crippen LogP) is 5.96. The minimum atomic E-state index is -0.178. The van der Waals surface area contributed by atoms with E-state index in [2.05, 4.69) is 17.5 Å². The van der Waals surface area contributed by atoms with Crippen molar-refractivity contribution >= 4 is 28.9 Å². The Bertz CT molecular complexity index is 772. The van der Waals surface area contributed by atoms with Gasteiger partial charge >= 0.3 is 0 Å². The van der Waals surface area contributed by atoms with Gasteiger partial charge in [0.05, 0.1) is 6.04 Å². The third kappa shape index (κ3) is 2.13. The highest BCUT2D eigenvalue weighted by Crippen LogP contribution is 2.52. The van der Waals surface area contributed by atoms with E-state index in [1.54, 1.807) is 12.1 Å². The van der Waals surface area contributed by atoms with Crippen LogP contribution in [0, 0.1) is 11.7 Å². The van der Waals surface area contributed by atoms with E-state index in [0.717, 1.165) is 17.7 Å². The quantitative estimate of drug-likeness (QED) is 0.635. The summed E-state index contributed by atoms with van der Waals surface area (Å²) >= 11 is 12.5. The van der Waals surface area contributed by atoms with Crippen molar-refractivity contribution in [2.24, 2.45) is 5.92 Å². The number of fused-ring (bicyclic) bond motifs is 3. The van der Waals surface area contributed by atoms with Gasteiger partial charge in [0.2, 0.25) is 0 Å². The Morgan fingerprint density at radius 2 is 1.95 bits per heavy atom. The molecule has 1 N–H and O–H groups in total. The van der Waals surface area contributed by atoms with Crippen LogP contribution in [0.4, 0.5) is 10.1 Å². The molecule has 4 heteroatoms. The molecule has 0 bridgehead atoms. The number of halogens is 3. The summed E-state index contributed by atoms with van der Waals surface area (Å²) in [4.78, 5) is 0. The second-order valence-corrected chi connectivity index (χ2v) is 6.69. The minimum Gasteiger partial charge on any atom is -0.377 e. The fourth-order valence-corrected chi connectivity index (χ4v) is 4.30. The van der Waals surface area contributed by atoms with Gasteiger partial charge in [-0.1, -0.05) is 53.6 Å². The fraction of sp³-hybridized carbons (Fsp3) is 0.222. The van der Waals surface area contributed by atoms with E-state index in [1.165, 1.54) is 6.07 Å².